The van der Waals surface area contributed by atoms with Gasteiger partial charge in [0.2, 0.25) is 5.95 Å². The highest BCUT2D eigenvalue weighted by Crippen LogP contribution is 2.20. The van der Waals surface area contributed by atoms with Crippen molar-refractivity contribution in [3.8, 4) is 0 Å². The molecule has 0 unspecified atom stereocenters. The van der Waals surface area contributed by atoms with Crippen LogP contribution in [-0.2, 0) is 4.74 Å². The monoisotopic (exact) mass is 376 g/mol. The average Bonchev–Trinajstić information content (AvgIpc) is 2.68. The number of hydrogen-bond donors (Lipinski definition) is 1. The molecule has 0 atom stereocenters. The van der Waals surface area contributed by atoms with Crippen molar-refractivity contribution in [2.24, 2.45) is 0 Å². The fourth-order valence-corrected chi connectivity index (χ4v) is 3.68. The molecule has 150 valence electrons. The number of likely N-dealkylation sites (tertiary alicyclic amines) is 1. The van der Waals surface area contributed by atoms with Crippen LogP contribution in [-0.4, -0.2) is 84.3 Å². The number of ether oxygens (including phenoxy) is 1. The summed E-state index contributed by atoms with van der Waals surface area (Å²) < 4.78 is 5.08. The van der Waals surface area contributed by atoms with Gasteiger partial charge in [-0.3, -0.25) is 0 Å². The Morgan fingerprint density at radius 1 is 1.15 bits per heavy atom. The molecule has 0 radical (unpaired) electrons. The maximum atomic E-state index is 11.8. The van der Waals surface area contributed by atoms with Gasteiger partial charge in [-0.1, -0.05) is 6.92 Å². The number of nitrogens with one attached hydrogen (secondary N) is 1. The maximum absolute atomic E-state index is 11.8. The molecule has 8 heteroatoms. The molecule has 0 aliphatic carbocycles. The number of nitrogens with zero attached hydrogens (tertiary/aromatic N) is 5. The van der Waals surface area contributed by atoms with Gasteiger partial charge in [0, 0.05) is 57.1 Å². The molecule has 1 N–H and O–H groups in total. The standard InChI is InChI=1S/C19H32N6O2/c1-4-23-10-12-24(13-11-23)17-14-15(3)20-18(22-17)21-16-6-8-25(9-7-16)19(26)27-5-2/h14,16H,4-13H2,1-3H3,(H,20,21,22). The number of likely N-dealkylation sites (N-methyl/N-ethyl adjacent to an activating group) is 1. The summed E-state index contributed by atoms with van der Waals surface area (Å²) in [6.07, 6.45) is 1.54. The minimum Gasteiger partial charge on any atom is -0.450 e. The van der Waals surface area contributed by atoms with Gasteiger partial charge < -0.3 is 24.8 Å². The third kappa shape index (κ3) is 5.22. The normalized spacial score (nSPS) is 19.2. The zero-order valence-electron chi connectivity index (χ0n) is 16.8. The second-order valence-corrected chi connectivity index (χ2v) is 7.22. The summed E-state index contributed by atoms with van der Waals surface area (Å²) in [6, 6.07) is 2.35. The quantitative estimate of drug-likeness (QED) is 0.842. The average molecular weight is 377 g/mol. The molecule has 1 aromatic heterocycles. The van der Waals surface area contributed by atoms with Crippen LogP contribution in [0.1, 0.15) is 32.4 Å². The van der Waals surface area contributed by atoms with Crippen LogP contribution in [0.4, 0.5) is 16.6 Å². The van der Waals surface area contributed by atoms with E-state index >= 15 is 0 Å². The van der Waals surface area contributed by atoms with Crippen LogP contribution < -0.4 is 10.2 Å². The fourth-order valence-electron chi connectivity index (χ4n) is 3.68. The fraction of sp³-hybridized carbons (Fsp3) is 0.737. The highest BCUT2D eigenvalue weighted by atomic mass is 16.6. The molecule has 0 bridgehead atoms. The van der Waals surface area contributed by atoms with Gasteiger partial charge in [-0.15, -0.1) is 0 Å². The number of carbonyl (C=O) groups excluding carboxylic acids is 1. The van der Waals surface area contributed by atoms with Gasteiger partial charge >= 0.3 is 6.09 Å². The van der Waals surface area contributed by atoms with Crippen LogP contribution in [0.15, 0.2) is 6.07 Å². The first-order chi connectivity index (χ1) is 13.1. The van der Waals surface area contributed by atoms with Crippen molar-refractivity contribution in [2.45, 2.75) is 39.7 Å². The summed E-state index contributed by atoms with van der Waals surface area (Å²) in [5, 5.41) is 3.47. The summed E-state index contributed by atoms with van der Waals surface area (Å²) in [5.41, 5.74) is 0.976. The molecular weight excluding hydrogens is 344 g/mol. The second-order valence-electron chi connectivity index (χ2n) is 7.22. The molecule has 3 rings (SSSR count). The van der Waals surface area contributed by atoms with Crippen LogP contribution in [0.2, 0.25) is 0 Å². The first-order valence-electron chi connectivity index (χ1n) is 10.1. The van der Waals surface area contributed by atoms with E-state index in [4.69, 9.17) is 9.72 Å². The van der Waals surface area contributed by atoms with Crippen molar-refractivity contribution in [3.05, 3.63) is 11.8 Å². The lowest BCUT2D eigenvalue weighted by molar-refractivity contribution is 0.0983. The molecule has 8 nitrogen and oxygen atoms in total. The summed E-state index contributed by atoms with van der Waals surface area (Å²) in [7, 11) is 0. The Labute approximate surface area is 161 Å². The third-order valence-electron chi connectivity index (χ3n) is 5.34. The molecular formula is C19H32N6O2. The number of anilines is 2. The molecule has 0 aromatic carbocycles. The largest absolute Gasteiger partial charge is 0.450 e. The van der Waals surface area contributed by atoms with Crippen LogP contribution >= 0.6 is 0 Å². The topological polar surface area (TPSA) is 73.8 Å². The van der Waals surface area contributed by atoms with E-state index in [0.29, 0.717) is 25.6 Å². The number of amides is 1. The molecule has 2 aliphatic rings. The summed E-state index contributed by atoms with van der Waals surface area (Å²) in [6.45, 7) is 13.1. The number of piperidine rings is 1. The minimum absolute atomic E-state index is 0.212. The van der Waals surface area contributed by atoms with Crippen LogP contribution in [0.25, 0.3) is 0 Å². The van der Waals surface area contributed by atoms with E-state index in [0.717, 1.165) is 57.1 Å². The lowest BCUT2D eigenvalue weighted by atomic mass is 10.1. The minimum atomic E-state index is -0.212. The van der Waals surface area contributed by atoms with Crippen molar-refractivity contribution < 1.29 is 9.53 Å². The SMILES string of the molecule is CCOC(=O)N1CCC(Nc2nc(C)cc(N3CCN(CC)CC3)n2)CC1. The number of piperazine rings is 1. The summed E-state index contributed by atoms with van der Waals surface area (Å²) >= 11 is 0. The molecule has 27 heavy (non-hydrogen) atoms. The lowest BCUT2D eigenvalue weighted by Crippen LogP contribution is -2.46. The maximum Gasteiger partial charge on any atom is 0.409 e. The predicted molar refractivity (Wildman–Crippen MR) is 106 cm³/mol. The Balaban J connectivity index is 1.57. The van der Waals surface area contributed by atoms with Crippen LogP contribution in [0.5, 0.6) is 0 Å². The molecule has 0 saturated carbocycles. The molecule has 2 saturated heterocycles. The first kappa shape index (κ1) is 19.7. The van der Waals surface area contributed by atoms with Gasteiger partial charge in [0.05, 0.1) is 6.61 Å². The smallest absolute Gasteiger partial charge is 0.409 e. The van der Waals surface area contributed by atoms with Crippen molar-refractivity contribution in [2.75, 3.05) is 62.6 Å². The predicted octanol–water partition coefficient (Wildman–Crippen LogP) is 1.96. The van der Waals surface area contributed by atoms with E-state index in [-0.39, 0.29) is 12.1 Å². The Morgan fingerprint density at radius 3 is 2.48 bits per heavy atom. The number of aryl methyl sites for hydroxylation is 1. The van der Waals surface area contributed by atoms with E-state index in [1.165, 1.54) is 0 Å². The van der Waals surface area contributed by atoms with Crippen molar-refractivity contribution in [1.29, 1.82) is 0 Å². The zero-order valence-corrected chi connectivity index (χ0v) is 16.8. The molecule has 1 amide bonds. The highest BCUT2D eigenvalue weighted by Gasteiger charge is 2.24. The van der Waals surface area contributed by atoms with Gasteiger partial charge in [0.15, 0.2) is 0 Å². The van der Waals surface area contributed by atoms with E-state index in [9.17, 15) is 4.79 Å². The molecule has 1 aromatic rings. The van der Waals surface area contributed by atoms with Gasteiger partial charge in [-0.2, -0.15) is 4.98 Å². The summed E-state index contributed by atoms with van der Waals surface area (Å²) in [5.74, 6) is 1.70. The van der Waals surface area contributed by atoms with E-state index in [2.05, 4.69) is 33.1 Å². The van der Waals surface area contributed by atoms with Gasteiger partial charge in [0.25, 0.3) is 0 Å². The molecule has 2 fully saturated rings. The van der Waals surface area contributed by atoms with Crippen molar-refractivity contribution in [1.82, 2.24) is 19.8 Å². The Bertz CT molecular complexity index is 625. The van der Waals surface area contributed by atoms with E-state index < -0.39 is 0 Å². The van der Waals surface area contributed by atoms with Crippen LogP contribution in [0, 0.1) is 6.92 Å². The Hall–Kier alpha value is -2.09. The van der Waals surface area contributed by atoms with Crippen molar-refractivity contribution in [3.63, 3.8) is 0 Å². The van der Waals surface area contributed by atoms with Crippen LogP contribution in [0.3, 0.4) is 0 Å². The van der Waals surface area contributed by atoms with E-state index in [1.807, 2.05) is 13.8 Å². The molecule has 3 heterocycles. The Morgan fingerprint density at radius 2 is 1.85 bits per heavy atom. The molecule has 2 aliphatic heterocycles. The highest BCUT2D eigenvalue weighted by molar-refractivity contribution is 5.67. The summed E-state index contributed by atoms with van der Waals surface area (Å²) in [4.78, 5) is 27.7. The second kappa shape index (κ2) is 9.21. The van der Waals surface area contributed by atoms with Crippen molar-refractivity contribution >= 4 is 17.9 Å². The van der Waals surface area contributed by atoms with Gasteiger partial charge in [0.1, 0.15) is 5.82 Å². The number of rotatable bonds is 5. The number of aromatic nitrogens is 2. The zero-order chi connectivity index (χ0) is 19.2. The van der Waals surface area contributed by atoms with Gasteiger partial charge in [-0.25, -0.2) is 9.78 Å². The van der Waals surface area contributed by atoms with Gasteiger partial charge in [-0.05, 0) is 33.2 Å². The molecule has 0 spiro atoms. The number of carbonyl (C=O) groups is 1. The first-order valence-corrected chi connectivity index (χ1v) is 10.1. The third-order valence-corrected chi connectivity index (χ3v) is 5.34. The number of hydrogen-bond acceptors (Lipinski definition) is 7. The lowest BCUT2D eigenvalue weighted by Gasteiger charge is -2.35. The Kier molecular flexibility index (Phi) is 6.71. The van der Waals surface area contributed by atoms with E-state index in [1.54, 1.807) is 4.90 Å².